The van der Waals surface area contributed by atoms with E-state index in [9.17, 15) is 4.79 Å². The van der Waals surface area contributed by atoms with Gasteiger partial charge in [-0.25, -0.2) is 4.98 Å². The van der Waals surface area contributed by atoms with Crippen LogP contribution in [0.5, 0.6) is 0 Å². The third-order valence-corrected chi connectivity index (χ3v) is 3.82. The predicted octanol–water partition coefficient (Wildman–Crippen LogP) is 4.01. The van der Waals surface area contributed by atoms with E-state index in [0.29, 0.717) is 11.4 Å². The molecule has 0 fully saturated rings. The van der Waals surface area contributed by atoms with Gasteiger partial charge in [-0.15, -0.1) is 0 Å². The number of hydrogen-bond acceptors (Lipinski definition) is 3. The van der Waals surface area contributed by atoms with Gasteiger partial charge in [0.05, 0.1) is 5.69 Å². The van der Waals surface area contributed by atoms with Crippen molar-refractivity contribution in [2.75, 3.05) is 17.7 Å². The van der Waals surface area contributed by atoms with Gasteiger partial charge >= 0.3 is 0 Å². The summed E-state index contributed by atoms with van der Waals surface area (Å²) in [6, 6.07) is 9.41. The fourth-order valence-electron chi connectivity index (χ4n) is 1.96. The minimum atomic E-state index is -0.144. The van der Waals surface area contributed by atoms with Crippen molar-refractivity contribution < 1.29 is 4.79 Å². The van der Waals surface area contributed by atoms with Gasteiger partial charge in [0.2, 0.25) is 0 Å². The number of anilines is 2. The number of halogens is 1. The first-order valence-corrected chi connectivity index (χ1v) is 7.59. The molecule has 1 heterocycles. The molecule has 0 spiro atoms. The van der Waals surface area contributed by atoms with E-state index in [1.54, 1.807) is 13.1 Å². The number of benzene rings is 1. The highest BCUT2D eigenvalue weighted by atomic mass is 79.9. The number of rotatable bonds is 4. The van der Waals surface area contributed by atoms with E-state index < -0.39 is 0 Å². The lowest BCUT2D eigenvalue weighted by Gasteiger charge is -2.10. The summed E-state index contributed by atoms with van der Waals surface area (Å²) in [6.45, 7) is 4.00. The van der Waals surface area contributed by atoms with Gasteiger partial charge in [0.1, 0.15) is 5.82 Å². The molecule has 0 aliphatic carbocycles. The minimum absolute atomic E-state index is 0.144. The summed E-state index contributed by atoms with van der Waals surface area (Å²) >= 11 is 3.45. The van der Waals surface area contributed by atoms with E-state index in [1.165, 1.54) is 0 Å². The Balaban J connectivity index is 2.29. The normalized spacial score (nSPS) is 10.3. The second-order valence-corrected chi connectivity index (χ2v) is 5.63. The number of pyridine rings is 1. The van der Waals surface area contributed by atoms with Crippen LogP contribution in [0.25, 0.3) is 0 Å². The average Bonchev–Trinajstić information content (AvgIpc) is 2.50. The fourth-order valence-corrected chi connectivity index (χ4v) is 2.30. The van der Waals surface area contributed by atoms with Gasteiger partial charge in [0.25, 0.3) is 5.91 Å². The molecule has 5 heteroatoms. The summed E-state index contributed by atoms with van der Waals surface area (Å²) in [7, 11) is 1.79. The monoisotopic (exact) mass is 347 g/mol. The molecule has 2 rings (SSSR count). The van der Waals surface area contributed by atoms with Crippen molar-refractivity contribution in [3.05, 3.63) is 51.6 Å². The molecule has 4 nitrogen and oxygen atoms in total. The molecule has 0 saturated heterocycles. The van der Waals surface area contributed by atoms with Gasteiger partial charge < -0.3 is 10.6 Å². The van der Waals surface area contributed by atoms with E-state index in [0.717, 1.165) is 27.8 Å². The van der Waals surface area contributed by atoms with Crippen molar-refractivity contribution in [3.63, 3.8) is 0 Å². The average molecular weight is 348 g/mol. The predicted molar refractivity (Wildman–Crippen MR) is 90.0 cm³/mol. The van der Waals surface area contributed by atoms with E-state index in [2.05, 4.69) is 31.5 Å². The lowest BCUT2D eigenvalue weighted by atomic mass is 10.1. The van der Waals surface area contributed by atoms with Crippen molar-refractivity contribution >= 4 is 33.3 Å². The van der Waals surface area contributed by atoms with Crippen LogP contribution in [0.2, 0.25) is 0 Å². The number of carbonyl (C=O) groups excluding carboxylic acids is 1. The molecule has 2 N–H and O–H groups in total. The number of nitrogens with zero attached hydrogens (tertiary/aromatic N) is 1. The maximum Gasteiger partial charge on any atom is 0.255 e. The minimum Gasteiger partial charge on any atom is -0.373 e. The molecule has 0 radical (unpaired) electrons. The standard InChI is InChI=1S/C16H18BrN3O/c1-4-12-8-11(9-15(18-3)19-12)16(21)20-14-7-10(2)5-6-13(14)17/h5-9H,4H2,1-3H3,(H,18,19)(H,20,21). The Kier molecular flexibility index (Phi) is 4.96. The zero-order valence-electron chi connectivity index (χ0n) is 12.3. The fraction of sp³-hybridized carbons (Fsp3) is 0.250. The molecule has 1 aromatic carbocycles. The molecule has 21 heavy (non-hydrogen) atoms. The van der Waals surface area contributed by atoms with E-state index in [-0.39, 0.29) is 5.91 Å². The van der Waals surface area contributed by atoms with Gasteiger partial charge in [-0.3, -0.25) is 4.79 Å². The van der Waals surface area contributed by atoms with Gasteiger partial charge in [-0.2, -0.15) is 0 Å². The highest BCUT2D eigenvalue weighted by Crippen LogP contribution is 2.24. The van der Waals surface area contributed by atoms with Crippen LogP contribution >= 0.6 is 15.9 Å². The van der Waals surface area contributed by atoms with E-state index in [1.807, 2.05) is 38.1 Å². The molecular weight excluding hydrogens is 330 g/mol. The van der Waals surface area contributed by atoms with Crippen molar-refractivity contribution in [2.24, 2.45) is 0 Å². The quantitative estimate of drug-likeness (QED) is 0.878. The van der Waals surface area contributed by atoms with Crippen molar-refractivity contribution in [2.45, 2.75) is 20.3 Å². The van der Waals surface area contributed by atoms with Crippen LogP contribution in [-0.2, 0) is 6.42 Å². The Morgan fingerprint density at radius 2 is 2.05 bits per heavy atom. The van der Waals surface area contributed by atoms with E-state index >= 15 is 0 Å². The van der Waals surface area contributed by atoms with Gasteiger partial charge in [0, 0.05) is 22.8 Å². The smallest absolute Gasteiger partial charge is 0.255 e. The summed E-state index contributed by atoms with van der Waals surface area (Å²) in [4.78, 5) is 16.8. The van der Waals surface area contributed by atoms with Gasteiger partial charge in [-0.05, 0) is 59.1 Å². The molecule has 1 aromatic heterocycles. The Bertz CT molecular complexity index is 648. The molecule has 0 aliphatic heterocycles. The van der Waals surface area contributed by atoms with Crippen molar-refractivity contribution in [1.29, 1.82) is 0 Å². The number of hydrogen-bond donors (Lipinski definition) is 2. The largest absolute Gasteiger partial charge is 0.373 e. The second kappa shape index (κ2) is 6.72. The third kappa shape index (κ3) is 3.82. The van der Waals surface area contributed by atoms with Crippen LogP contribution in [0.15, 0.2) is 34.8 Å². The first-order chi connectivity index (χ1) is 10.0. The molecule has 0 atom stereocenters. The highest BCUT2D eigenvalue weighted by molar-refractivity contribution is 9.10. The lowest BCUT2D eigenvalue weighted by molar-refractivity contribution is 0.102. The Labute approximate surface area is 133 Å². The Hall–Kier alpha value is -1.88. The SMILES string of the molecule is CCc1cc(C(=O)Nc2cc(C)ccc2Br)cc(NC)n1. The number of amides is 1. The number of aryl methyl sites for hydroxylation is 2. The van der Waals surface area contributed by atoms with Crippen LogP contribution in [0.4, 0.5) is 11.5 Å². The topological polar surface area (TPSA) is 54.0 Å². The molecule has 0 unspecified atom stereocenters. The van der Waals surface area contributed by atoms with Crippen LogP contribution in [0, 0.1) is 6.92 Å². The summed E-state index contributed by atoms with van der Waals surface area (Å²) in [5.74, 6) is 0.553. The third-order valence-electron chi connectivity index (χ3n) is 3.13. The van der Waals surface area contributed by atoms with Crippen LogP contribution in [0.1, 0.15) is 28.5 Å². The molecule has 2 aromatic rings. The summed E-state index contributed by atoms with van der Waals surface area (Å²) in [5, 5.41) is 5.91. The van der Waals surface area contributed by atoms with E-state index in [4.69, 9.17) is 0 Å². The van der Waals surface area contributed by atoms with Gasteiger partial charge in [-0.1, -0.05) is 13.0 Å². The molecule has 1 amide bonds. The zero-order chi connectivity index (χ0) is 15.4. The molecular formula is C16H18BrN3O. The number of carbonyl (C=O) groups is 1. The Morgan fingerprint density at radius 1 is 1.29 bits per heavy atom. The number of nitrogens with one attached hydrogen (secondary N) is 2. The van der Waals surface area contributed by atoms with Crippen molar-refractivity contribution in [1.82, 2.24) is 4.98 Å². The Morgan fingerprint density at radius 3 is 2.71 bits per heavy atom. The molecule has 110 valence electrons. The summed E-state index contributed by atoms with van der Waals surface area (Å²) < 4.78 is 0.861. The summed E-state index contributed by atoms with van der Waals surface area (Å²) in [5.41, 5.74) is 3.34. The maximum atomic E-state index is 12.4. The van der Waals surface area contributed by atoms with Crippen molar-refractivity contribution in [3.8, 4) is 0 Å². The molecule has 0 bridgehead atoms. The van der Waals surface area contributed by atoms with Gasteiger partial charge in [0.15, 0.2) is 0 Å². The summed E-state index contributed by atoms with van der Waals surface area (Å²) in [6.07, 6.45) is 0.782. The second-order valence-electron chi connectivity index (χ2n) is 4.77. The maximum absolute atomic E-state index is 12.4. The van der Waals surface area contributed by atoms with Crippen LogP contribution < -0.4 is 10.6 Å². The molecule has 0 aliphatic rings. The van der Waals surface area contributed by atoms with Crippen LogP contribution in [-0.4, -0.2) is 17.9 Å². The highest BCUT2D eigenvalue weighted by Gasteiger charge is 2.11. The first-order valence-electron chi connectivity index (χ1n) is 6.79. The lowest BCUT2D eigenvalue weighted by Crippen LogP contribution is -2.14. The molecule has 0 saturated carbocycles. The first kappa shape index (κ1) is 15.5. The number of aromatic nitrogens is 1. The zero-order valence-corrected chi connectivity index (χ0v) is 13.9. The van der Waals surface area contributed by atoms with Crippen LogP contribution in [0.3, 0.4) is 0 Å².